The van der Waals surface area contributed by atoms with E-state index in [1.807, 2.05) is 6.92 Å². The van der Waals surface area contributed by atoms with Crippen molar-refractivity contribution >= 4 is 0 Å². The van der Waals surface area contributed by atoms with E-state index in [1.165, 1.54) is 64.2 Å². The summed E-state index contributed by atoms with van der Waals surface area (Å²) in [5.41, 5.74) is 1.73. The first kappa shape index (κ1) is 20.2. The summed E-state index contributed by atoms with van der Waals surface area (Å²) in [6.07, 6.45) is 14.4. The van der Waals surface area contributed by atoms with Crippen LogP contribution in [0.3, 0.4) is 0 Å². The first-order valence-corrected chi connectivity index (χ1v) is 12.3. The minimum absolute atomic E-state index is 0.151. The van der Waals surface area contributed by atoms with Crippen molar-refractivity contribution in [3.05, 3.63) is 0 Å². The van der Waals surface area contributed by atoms with Gasteiger partial charge in [0.05, 0.1) is 6.10 Å². The second-order valence-corrected chi connectivity index (χ2v) is 12.4. The number of hydrogen-bond acceptors (Lipinski definition) is 1. The fourth-order valence-electron chi connectivity index (χ4n) is 9.09. The fraction of sp³-hybridized carbons (Fsp3) is 1.00. The van der Waals surface area contributed by atoms with Crippen LogP contribution in [0.1, 0.15) is 106 Å². The lowest BCUT2D eigenvalue weighted by atomic mass is 9.42. The van der Waals surface area contributed by atoms with Gasteiger partial charge < -0.3 is 5.11 Å². The molecule has 0 heterocycles. The van der Waals surface area contributed by atoms with E-state index in [1.54, 1.807) is 0 Å². The van der Waals surface area contributed by atoms with E-state index in [-0.39, 0.29) is 6.10 Å². The molecule has 0 spiro atoms. The average molecular weight is 375 g/mol. The molecule has 156 valence electrons. The van der Waals surface area contributed by atoms with Crippen LogP contribution in [-0.2, 0) is 0 Å². The van der Waals surface area contributed by atoms with Crippen molar-refractivity contribution in [1.29, 1.82) is 0 Å². The minimum Gasteiger partial charge on any atom is -0.393 e. The van der Waals surface area contributed by atoms with E-state index in [0.29, 0.717) is 22.2 Å². The molecule has 0 saturated heterocycles. The van der Waals surface area contributed by atoms with Crippen molar-refractivity contribution in [1.82, 2.24) is 0 Å². The van der Waals surface area contributed by atoms with Crippen molar-refractivity contribution in [2.45, 2.75) is 112 Å². The SMILES string of the molecule is CC[C@]1(C)CCC2(C)[C@@H](CC[C@@H]3[C@@H]2CC[C@]2(C)[C@@H]([C@H](C)C(C)O)CC[C@@H]32)C1. The number of fused-ring (bicyclic) bond motifs is 5. The molecular formula is C26H46O. The Balaban J connectivity index is 1.56. The summed E-state index contributed by atoms with van der Waals surface area (Å²) in [7, 11) is 0. The molecule has 4 rings (SSSR count). The summed E-state index contributed by atoms with van der Waals surface area (Å²) < 4.78 is 0. The van der Waals surface area contributed by atoms with Crippen LogP contribution < -0.4 is 0 Å². The minimum atomic E-state index is -0.151. The van der Waals surface area contributed by atoms with Crippen LogP contribution in [0.5, 0.6) is 0 Å². The summed E-state index contributed by atoms with van der Waals surface area (Å²) in [6, 6.07) is 0. The van der Waals surface area contributed by atoms with E-state index in [0.717, 1.165) is 29.6 Å². The average Bonchev–Trinajstić information content (AvgIpc) is 2.99. The smallest absolute Gasteiger partial charge is 0.0540 e. The Labute approximate surface area is 169 Å². The first-order chi connectivity index (χ1) is 12.6. The summed E-state index contributed by atoms with van der Waals surface area (Å²) in [6.45, 7) is 14.6. The maximum Gasteiger partial charge on any atom is 0.0540 e. The molecule has 0 amide bonds. The Morgan fingerprint density at radius 3 is 2.22 bits per heavy atom. The molecule has 27 heavy (non-hydrogen) atoms. The molecule has 4 aliphatic carbocycles. The van der Waals surface area contributed by atoms with Gasteiger partial charge in [0, 0.05) is 0 Å². The second kappa shape index (κ2) is 6.75. The highest BCUT2D eigenvalue weighted by Crippen LogP contribution is 2.69. The van der Waals surface area contributed by atoms with Gasteiger partial charge in [0.1, 0.15) is 0 Å². The molecular weight excluding hydrogens is 328 g/mol. The predicted octanol–water partition coefficient (Wildman–Crippen LogP) is 7.08. The van der Waals surface area contributed by atoms with Gasteiger partial charge in [-0.25, -0.2) is 0 Å². The van der Waals surface area contributed by atoms with Crippen LogP contribution in [0.15, 0.2) is 0 Å². The van der Waals surface area contributed by atoms with Crippen LogP contribution in [0.2, 0.25) is 0 Å². The van der Waals surface area contributed by atoms with E-state index < -0.39 is 0 Å². The van der Waals surface area contributed by atoms with Crippen LogP contribution in [0.4, 0.5) is 0 Å². The molecule has 2 unspecified atom stereocenters. The molecule has 10 atom stereocenters. The van der Waals surface area contributed by atoms with E-state index in [2.05, 4.69) is 34.6 Å². The highest BCUT2D eigenvalue weighted by Gasteiger charge is 2.61. The van der Waals surface area contributed by atoms with Gasteiger partial charge in [0.2, 0.25) is 0 Å². The number of aliphatic hydroxyl groups excluding tert-OH is 1. The maximum absolute atomic E-state index is 10.3. The zero-order chi connectivity index (χ0) is 19.6. The van der Waals surface area contributed by atoms with Crippen molar-refractivity contribution in [3.63, 3.8) is 0 Å². The predicted molar refractivity (Wildman–Crippen MR) is 114 cm³/mol. The Bertz CT molecular complexity index is 554. The van der Waals surface area contributed by atoms with Gasteiger partial charge in [-0.1, -0.05) is 41.0 Å². The van der Waals surface area contributed by atoms with Gasteiger partial charge in [-0.15, -0.1) is 0 Å². The zero-order valence-electron chi connectivity index (χ0n) is 19.1. The largest absolute Gasteiger partial charge is 0.393 e. The molecule has 4 aliphatic rings. The van der Waals surface area contributed by atoms with Crippen LogP contribution >= 0.6 is 0 Å². The summed E-state index contributed by atoms with van der Waals surface area (Å²) in [5.74, 6) is 5.07. The summed E-state index contributed by atoms with van der Waals surface area (Å²) >= 11 is 0. The normalized spacial score (nSPS) is 54.6. The third-order valence-electron chi connectivity index (χ3n) is 11.4. The third kappa shape index (κ3) is 2.96. The highest BCUT2D eigenvalue weighted by molar-refractivity contribution is 5.10. The number of aliphatic hydroxyl groups is 1. The van der Waals surface area contributed by atoms with Crippen LogP contribution in [0.25, 0.3) is 0 Å². The maximum atomic E-state index is 10.3. The Kier molecular flexibility index (Phi) is 5.06. The lowest BCUT2D eigenvalue weighted by Crippen LogP contribution is -2.54. The second-order valence-electron chi connectivity index (χ2n) is 12.4. The van der Waals surface area contributed by atoms with E-state index in [4.69, 9.17) is 0 Å². The molecule has 0 aromatic heterocycles. The first-order valence-electron chi connectivity index (χ1n) is 12.3. The van der Waals surface area contributed by atoms with Crippen molar-refractivity contribution in [2.75, 3.05) is 0 Å². The van der Waals surface area contributed by atoms with Gasteiger partial charge >= 0.3 is 0 Å². The Hall–Kier alpha value is -0.0400. The van der Waals surface area contributed by atoms with Gasteiger partial charge in [-0.05, 0) is 116 Å². The number of hydrogen-bond donors (Lipinski definition) is 1. The molecule has 4 fully saturated rings. The monoisotopic (exact) mass is 374 g/mol. The summed E-state index contributed by atoms with van der Waals surface area (Å²) in [5, 5.41) is 10.3. The van der Waals surface area contributed by atoms with Crippen molar-refractivity contribution in [3.8, 4) is 0 Å². The molecule has 4 saturated carbocycles. The Morgan fingerprint density at radius 1 is 0.852 bits per heavy atom. The zero-order valence-corrected chi connectivity index (χ0v) is 19.1. The molecule has 1 nitrogen and oxygen atoms in total. The standard InChI is InChI=1S/C26H46O/c1-7-24(4)14-15-25(5)19(16-24)8-9-20-22-11-10-21(17(2)18(3)27)26(22,6)13-12-23(20)25/h17-23,27H,7-16H2,1-6H3/t17-,18?,19+,20+,21-,22+,23+,24-,25?,26-/m1/s1. The molecule has 0 aliphatic heterocycles. The fourth-order valence-corrected chi connectivity index (χ4v) is 9.09. The highest BCUT2D eigenvalue weighted by atomic mass is 16.3. The Morgan fingerprint density at radius 2 is 1.56 bits per heavy atom. The van der Waals surface area contributed by atoms with Crippen molar-refractivity contribution < 1.29 is 5.11 Å². The van der Waals surface area contributed by atoms with Crippen LogP contribution in [0, 0.1) is 51.8 Å². The molecule has 0 aromatic carbocycles. The quantitative estimate of drug-likeness (QED) is 0.559. The van der Waals surface area contributed by atoms with E-state index in [9.17, 15) is 5.11 Å². The molecule has 1 N–H and O–H groups in total. The molecule has 0 bridgehead atoms. The molecule has 0 aromatic rings. The lowest BCUT2D eigenvalue weighted by Gasteiger charge is -2.62. The van der Waals surface area contributed by atoms with E-state index >= 15 is 0 Å². The van der Waals surface area contributed by atoms with Gasteiger partial charge in [-0.3, -0.25) is 0 Å². The summed E-state index contributed by atoms with van der Waals surface area (Å²) in [4.78, 5) is 0. The van der Waals surface area contributed by atoms with Crippen LogP contribution in [-0.4, -0.2) is 11.2 Å². The van der Waals surface area contributed by atoms with Gasteiger partial charge in [-0.2, -0.15) is 0 Å². The van der Waals surface area contributed by atoms with Gasteiger partial charge in [0.25, 0.3) is 0 Å². The number of rotatable bonds is 3. The van der Waals surface area contributed by atoms with Crippen molar-refractivity contribution in [2.24, 2.45) is 51.8 Å². The van der Waals surface area contributed by atoms with Gasteiger partial charge in [0.15, 0.2) is 0 Å². The molecule has 1 heteroatoms. The topological polar surface area (TPSA) is 20.2 Å². The lowest BCUT2D eigenvalue weighted by molar-refractivity contribution is -0.134. The molecule has 0 radical (unpaired) electrons. The third-order valence-corrected chi connectivity index (χ3v) is 11.4.